The van der Waals surface area contributed by atoms with Gasteiger partial charge in [-0.25, -0.2) is 0 Å². The van der Waals surface area contributed by atoms with Crippen molar-refractivity contribution in [2.24, 2.45) is 11.7 Å². The molecule has 0 bridgehead atoms. The van der Waals surface area contributed by atoms with Crippen molar-refractivity contribution in [1.29, 1.82) is 0 Å². The quantitative estimate of drug-likeness (QED) is 0.579. The second-order valence-corrected chi connectivity index (χ2v) is 3.14. The number of nitrogens with zero attached hydrogens (tertiary/aromatic N) is 1. The molecule has 5 heteroatoms. The van der Waals surface area contributed by atoms with Crippen LogP contribution in [0.25, 0.3) is 0 Å². The first kappa shape index (κ1) is 11.9. The van der Waals surface area contributed by atoms with Crippen molar-refractivity contribution in [2.75, 3.05) is 27.2 Å². The molecular weight excluding hydrogens is 170 g/mol. The largest absolute Gasteiger partial charge is 0.347 e. The molecule has 3 N–H and O–H groups in total. The molecule has 0 aliphatic heterocycles. The van der Waals surface area contributed by atoms with Crippen LogP contribution in [0.3, 0.4) is 0 Å². The maximum atomic E-state index is 11.1. The van der Waals surface area contributed by atoms with E-state index in [1.54, 1.807) is 21.0 Å². The normalized spacial score (nSPS) is 12.0. The van der Waals surface area contributed by atoms with Crippen molar-refractivity contribution in [2.45, 2.75) is 6.92 Å². The maximum Gasteiger partial charge on any atom is 0.241 e. The molecule has 0 rings (SSSR count). The monoisotopic (exact) mass is 187 g/mol. The van der Waals surface area contributed by atoms with Gasteiger partial charge in [0.05, 0.1) is 6.54 Å². The summed E-state index contributed by atoms with van der Waals surface area (Å²) in [5, 5.41) is 2.50. The van der Waals surface area contributed by atoms with E-state index in [2.05, 4.69) is 5.32 Å². The van der Waals surface area contributed by atoms with Crippen LogP contribution in [0.15, 0.2) is 0 Å². The van der Waals surface area contributed by atoms with Gasteiger partial charge < -0.3 is 16.0 Å². The van der Waals surface area contributed by atoms with Crippen molar-refractivity contribution in [3.63, 3.8) is 0 Å². The second-order valence-electron chi connectivity index (χ2n) is 3.14. The van der Waals surface area contributed by atoms with Crippen LogP contribution >= 0.6 is 0 Å². The molecular formula is C8H17N3O2. The summed E-state index contributed by atoms with van der Waals surface area (Å²) in [5.74, 6) is -0.551. The third-order valence-electron chi connectivity index (χ3n) is 1.71. The first-order chi connectivity index (χ1) is 5.99. The lowest BCUT2D eigenvalue weighted by molar-refractivity contribution is -0.131. The average molecular weight is 187 g/mol. The minimum Gasteiger partial charge on any atom is -0.347 e. The van der Waals surface area contributed by atoms with Crippen LogP contribution in [0.4, 0.5) is 0 Å². The van der Waals surface area contributed by atoms with Gasteiger partial charge in [-0.3, -0.25) is 9.59 Å². The Balaban J connectivity index is 3.77. The third kappa shape index (κ3) is 4.47. The van der Waals surface area contributed by atoms with Crippen LogP contribution in [-0.2, 0) is 9.59 Å². The molecule has 0 aliphatic rings. The zero-order valence-electron chi connectivity index (χ0n) is 8.33. The molecule has 0 aromatic rings. The fourth-order valence-corrected chi connectivity index (χ4v) is 0.602. The van der Waals surface area contributed by atoms with Crippen LogP contribution < -0.4 is 11.1 Å². The van der Waals surface area contributed by atoms with Gasteiger partial charge in [-0.2, -0.15) is 0 Å². The minimum atomic E-state index is -0.241. The van der Waals surface area contributed by atoms with Gasteiger partial charge in [-0.1, -0.05) is 6.92 Å². The maximum absolute atomic E-state index is 11.1. The minimum absolute atomic E-state index is 0.0379. The molecule has 1 atom stereocenters. The van der Waals surface area contributed by atoms with E-state index in [9.17, 15) is 9.59 Å². The fraction of sp³-hybridized carbons (Fsp3) is 0.750. The number of carbonyl (C=O) groups excluding carboxylic acids is 2. The highest BCUT2D eigenvalue weighted by Gasteiger charge is 2.12. The van der Waals surface area contributed by atoms with E-state index in [1.807, 2.05) is 0 Å². The van der Waals surface area contributed by atoms with Crippen LogP contribution in [-0.4, -0.2) is 43.9 Å². The van der Waals surface area contributed by atoms with Gasteiger partial charge in [-0.15, -0.1) is 0 Å². The smallest absolute Gasteiger partial charge is 0.241 e. The molecule has 2 amide bonds. The molecule has 5 nitrogen and oxygen atoms in total. The van der Waals surface area contributed by atoms with E-state index in [-0.39, 0.29) is 24.3 Å². The molecule has 0 aliphatic carbocycles. The number of hydrogen-bond donors (Lipinski definition) is 2. The van der Waals surface area contributed by atoms with E-state index in [0.717, 1.165) is 0 Å². The van der Waals surface area contributed by atoms with Gasteiger partial charge in [-0.05, 0) is 0 Å². The van der Waals surface area contributed by atoms with Gasteiger partial charge in [0.2, 0.25) is 11.8 Å². The fourth-order valence-electron chi connectivity index (χ4n) is 0.602. The predicted molar refractivity (Wildman–Crippen MR) is 49.9 cm³/mol. The van der Waals surface area contributed by atoms with E-state index < -0.39 is 0 Å². The summed E-state index contributed by atoms with van der Waals surface area (Å²) in [6.07, 6.45) is 0. The summed E-state index contributed by atoms with van der Waals surface area (Å²) in [5.41, 5.74) is 5.28. The van der Waals surface area contributed by atoms with E-state index in [1.165, 1.54) is 4.90 Å². The molecule has 0 aromatic carbocycles. The lowest BCUT2D eigenvalue weighted by Crippen LogP contribution is -2.40. The molecule has 1 unspecified atom stereocenters. The summed E-state index contributed by atoms with van der Waals surface area (Å²) >= 11 is 0. The summed E-state index contributed by atoms with van der Waals surface area (Å²) in [7, 11) is 3.28. The number of nitrogens with two attached hydrogens (primary N) is 1. The van der Waals surface area contributed by atoms with Crippen LogP contribution in [0, 0.1) is 5.92 Å². The Morgan fingerprint density at radius 1 is 1.46 bits per heavy atom. The SMILES string of the molecule is CC(CN)C(=O)NCC(=O)N(C)C. The van der Waals surface area contributed by atoms with Crippen molar-refractivity contribution in [1.82, 2.24) is 10.2 Å². The van der Waals surface area contributed by atoms with Gasteiger partial charge in [0.1, 0.15) is 0 Å². The van der Waals surface area contributed by atoms with Crippen molar-refractivity contribution < 1.29 is 9.59 Å². The molecule has 0 heterocycles. The molecule has 13 heavy (non-hydrogen) atoms. The zero-order valence-corrected chi connectivity index (χ0v) is 8.33. The Morgan fingerprint density at radius 2 is 2.00 bits per heavy atom. The average Bonchev–Trinajstić information content (AvgIpc) is 2.11. The van der Waals surface area contributed by atoms with E-state index in [0.29, 0.717) is 6.54 Å². The molecule has 0 saturated heterocycles. The highest BCUT2D eigenvalue weighted by atomic mass is 16.2. The molecule has 76 valence electrons. The summed E-state index contributed by atoms with van der Waals surface area (Å²) in [6, 6.07) is 0. The number of amides is 2. The Hall–Kier alpha value is -1.10. The van der Waals surface area contributed by atoms with Gasteiger partial charge in [0.15, 0.2) is 0 Å². The molecule has 0 fully saturated rings. The Labute approximate surface area is 78.3 Å². The van der Waals surface area contributed by atoms with Gasteiger partial charge >= 0.3 is 0 Å². The number of hydrogen-bond acceptors (Lipinski definition) is 3. The lowest BCUT2D eigenvalue weighted by atomic mass is 10.2. The third-order valence-corrected chi connectivity index (χ3v) is 1.71. The molecule has 0 spiro atoms. The molecule has 0 saturated carbocycles. The van der Waals surface area contributed by atoms with E-state index >= 15 is 0 Å². The van der Waals surface area contributed by atoms with Crippen molar-refractivity contribution in [3.8, 4) is 0 Å². The zero-order chi connectivity index (χ0) is 10.4. The van der Waals surface area contributed by atoms with E-state index in [4.69, 9.17) is 5.73 Å². The Kier molecular flexibility index (Phi) is 5.06. The van der Waals surface area contributed by atoms with Crippen molar-refractivity contribution in [3.05, 3.63) is 0 Å². The highest BCUT2D eigenvalue weighted by molar-refractivity contribution is 5.85. The number of rotatable bonds is 4. The number of carbonyl (C=O) groups is 2. The number of likely N-dealkylation sites (N-methyl/N-ethyl adjacent to an activating group) is 1. The summed E-state index contributed by atoms with van der Waals surface area (Å²) < 4.78 is 0. The van der Waals surface area contributed by atoms with Crippen LogP contribution in [0.5, 0.6) is 0 Å². The highest BCUT2D eigenvalue weighted by Crippen LogP contribution is 1.89. The molecule has 0 aromatic heterocycles. The first-order valence-corrected chi connectivity index (χ1v) is 4.17. The van der Waals surface area contributed by atoms with Crippen molar-refractivity contribution >= 4 is 11.8 Å². The first-order valence-electron chi connectivity index (χ1n) is 4.17. The standard InChI is InChI=1S/C8H17N3O2/c1-6(4-9)8(13)10-5-7(12)11(2)3/h6H,4-5,9H2,1-3H3,(H,10,13). The van der Waals surface area contributed by atoms with Crippen LogP contribution in [0.1, 0.15) is 6.92 Å². The van der Waals surface area contributed by atoms with Gasteiger partial charge in [0.25, 0.3) is 0 Å². The van der Waals surface area contributed by atoms with Crippen LogP contribution in [0.2, 0.25) is 0 Å². The Bertz CT molecular complexity index is 192. The Morgan fingerprint density at radius 3 is 2.38 bits per heavy atom. The second kappa shape index (κ2) is 5.53. The molecule has 0 radical (unpaired) electrons. The number of nitrogens with one attached hydrogen (secondary N) is 1. The lowest BCUT2D eigenvalue weighted by Gasteiger charge is -2.12. The topological polar surface area (TPSA) is 75.4 Å². The van der Waals surface area contributed by atoms with Gasteiger partial charge in [0, 0.05) is 26.6 Å². The predicted octanol–water partition coefficient (Wildman–Crippen LogP) is -1.21. The summed E-state index contributed by atoms with van der Waals surface area (Å²) in [4.78, 5) is 23.6. The summed E-state index contributed by atoms with van der Waals surface area (Å²) in [6.45, 7) is 2.05.